The van der Waals surface area contributed by atoms with Crippen molar-refractivity contribution in [1.82, 2.24) is 20.5 Å². The minimum Gasteiger partial charge on any atom is -0.490 e. The Morgan fingerprint density at radius 3 is 2.52 bits per heavy atom. The molecule has 0 radical (unpaired) electrons. The molecule has 1 atom stereocenters. The summed E-state index contributed by atoms with van der Waals surface area (Å²) in [5.41, 5.74) is 1.31. The lowest BCUT2D eigenvalue weighted by Crippen LogP contribution is -2.44. The fourth-order valence-electron chi connectivity index (χ4n) is 2.98. The Morgan fingerprint density at radius 1 is 1.11 bits per heavy atom. The standard InChI is InChI=1S/C21H31N5O/c1-4-26(5-2)20(18-10-7-6-8-11-18)17-25-21(22-3)24-14-15-27-19-12-9-13-23-16-19/h6-13,16,20H,4-5,14-15,17H2,1-3H3,(H2,22,24,25). The molecule has 0 saturated heterocycles. The molecule has 0 bridgehead atoms. The predicted molar refractivity (Wildman–Crippen MR) is 111 cm³/mol. The van der Waals surface area contributed by atoms with Crippen LogP contribution in [0.3, 0.4) is 0 Å². The smallest absolute Gasteiger partial charge is 0.191 e. The number of nitrogens with zero attached hydrogens (tertiary/aromatic N) is 3. The van der Waals surface area contributed by atoms with Crippen molar-refractivity contribution in [3.05, 3.63) is 60.4 Å². The van der Waals surface area contributed by atoms with Gasteiger partial charge in [0.05, 0.1) is 18.8 Å². The van der Waals surface area contributed by atoms with Gasteiger partial charge in [0.2, 0.25) is 0 Å². The van der Waals surface area contributed by atoms with Gasteiger partial charge in [-0.25, -0.2) is 0 Å². The van der Waals surface area contributed by atoms with Crippen molar-refractivity contribution in [1.29, 1.82) is 0 Å². The molecule has 1 aromatic heterocycles. The van der Waals surface area contributed by atoms with Gasteiger partial charge in [-0.05, 0) is 30.8 Å². The zero-order chi connectivity index (χ0) is 19.3. The van der Waals surface area contributed by atoms with Crippen molar-refractivity contribution >= 4 is 5.96 Å². The third kappa shape index (κ3) is 6.90. The second kappa shape index (κ2) is 11.9. The Balaban J connectivity index is 1.84. The highest BCUT2D eigenvalue weighted by Gasteiger charge is 2.18. The fraction of sp³-hybridized carbons (Fsp3) is 0.429. The monoisotopic (exact) mass is 369 g/mol. The van der Waals surface area contributed by atoms with Crippen LogP contribution in [-0.4, -0.2) is 55.7 Å². The van der Waals surface area contributed by atoms with Gasteiger partial charge in [-0.15, -0.1) is 0 Å². The van der Waals surface area contributed by atoms with Crippen LogP contribution < -0.4 is 15.4 Å². The topological polar surface area (TPSA) is 61.8 Å². The lowest BCUT2D eigenvalue weighted by molar-refractivity contribution is 0.219. The van der Waals surface area contributed by atoms with Gasteiger partial charge in [0.1, 0.15) is 12.4 Å². The third-order valence-corrected chi connectivity index (χ3v) is 4.42. The van der Waals surface area contributed by atoms with E-state index in [1.165, 1.54) is 5.56 Å². The number of aliphatic imine (C=N–C) groups is 1. The maximum Gasteiger partial charge on any atom is 0.191 e. The molecular weight excluding hydrogens is 338 g/mol. The first-order valence-corrected chi connectivity index (χ1v) is 9.54. The number of aromatic nitrogens is 1. The Kier molecular flexibility index (Phi) is 9.13. The van der Waals surface area contributed by atoms with Crippen molar-refractivity contribution in [2.45, 2.75) is 19.9 Å². The number of hydrogen-bond donors (Lipinski definition) is 2. The summed E-state index contributed by atoms with van der Waals surface area (Å²) in [7, 11) is 1.78. The third-order valence-electron chi connectivity index (χ3n) is 4.42. The van der Waals surface area contributed by atoms with Crippen LogP contribution in [0.2, 0.25) is 0 Å². The van der Waals surface area contributed by atoms with Crippen LogP contribution in [-0.2, 0) is 0 Å². The van der Waals surface area contributed by atoms with Crippen LogP contribution in [0.1, 0.15) is 25.5 Å². The molecule has 0 spiro atoms. The largest absolute Gasteiger partial charge is 0.490 e. The van der Waals surface area contributed by atoms with E-state index in [0.717, 1.165) is 31.3 Å². The molecule has 2 rings (SSSR count). The number of guanidine groups is 1. The highest BCUT2D eigenvalue weighted by atomic mass is 16.5. The lowest BCUT2D eigenvalue weighted by Gasteiger charge is -2.30. The number of ether oxygens (including phenoxy) is 1. The molecule has 146 valence electrons. The number of pyridine rings is 1. The fourth-order valence-corrected chi connectivity index (χ4v) is 2.98. The average molecular weight is 370 g/mol. The first kappa shape index (κ1) is 20.7. The molecule has 1 aromatic carbocycles. The molecule has 0 saturated carbocycles. The summed E-state index contributed by atoms with van der Waals surface area (Å²) in [5, 5.41) is 6.74. The van der Waals surface area contributed by atoms with Gasteiger partial charge in [-0.2, -0.15) is 0 Å². The van der Waals surface area contributed by atoms with E-state index in [-0.39, 0.29) is 0 Å². The molecule has 6 nitrogen and oxygen atoms in total. The summed E-state index contributed by atoms with van der Waals surface area (Å²) in [6.07, 6.45) is 3.44. The molecule has 0 fully saturated rings. The molecule has 0 aliphatic carbocycles. The average Bonchev–Trinajstić information content (AvgIpc) is 2.73. The van der Waals surface area contributed by atoms with E-state index in [1.807, 2.05) is 12.1 Å². The predicted octanol–water partition coefficient (Wildman–Crippen LogP) is 2.71. The minimum atomic E-state index is 0.298. The maximum atomic E-state index is 5.65. The van der Waals surface area contributed by atoms with E-state index < -0.39 is 0 Å². The van der Waals surface area contributed by atoms with Crippen molar-refractivity contribution in [3.63, 3.8) is 0 Å². The van der Waals surface area contributed by atoms with Gasteiger partial charge in [-0.1, -0.05) is 44.2 Å². The summed E-state index contributed by atoms with van der Waals surface area (Å²) < 4.78 is 5.65. The summed E-state index contributed by atoms with van der Waals surface area (Å²) in [6, 6.07) is 14.7. The van der Waals surface area contributed by atoms with Gasteiger partial charge in [0.25, 0.3) is 0 Å². The van der Waals surface area contributed by atoms with Crippen molar-refractivity contribution in [2.24, 2.45) is 4.99 Å². The zero-order valence-corrected chi connectivity index (χ0v) is 16.6. The Bertz CT molecular complexity index is 659. The van der Waals surface area contributed by atoms with E-state index >= 15 is 0 Å². The lowest BCUT2D eigenvalue weighted by atomic mass is 10.1. The number of likely N-dealkylation sites (N-methyl/N-ethyl adjacent to an activating group) is 1. The normalized spacial score (nSPS) is 12.7. The summed E-state index contributed by atoms with van der Waals surface area (Å²) in [5.74, 6) is 1.55. The first-order valence-electron chi connectivity index (χ1n) is 9.54. The molecule has 1 heterocycles. The van der Waals surface area contributed by atoms with Crippen molar-refractivity contribution in [2.75, 3.05) is 39.8 Å². The highest BCUT2D eigenvalue weighted by molar-refractivity contribution is 5.79. The second-order valence-electron chi connectivity index (χ2n) is 6.06. The second-order valence-corrected chi connectivity index (χ2v) is 6.06. The van der Waals surface area contributed by atoms with E-state index in [1.54, 1.807) is 19.4 Å². The van der Waals surface area contributed by atoms with Gasteiger partial charge in [0, 0.05) is 19.8 Å². The molecule has 6 heteroatoms. The van der Waals surface area contributed by atoms with Crippen LogP contribution in [0.25, 0.3) is 0 Å². The van der Waals surface area contributed by atoms with Gasteiger partial charge >= 0.3 is 0 Å². The Hall–Kier alpha value is -2.60. The summed E-state index contributed by atoms with van der Waals surface area (Å²) in [4.78, 5) is 10.8. The van der Waals surface area contributed by atoms with E-state index in [4.69, 9.17) is 4.74 Å². The number of rotatable bonds is 10. The number of benzene rings is 1. The highest BCUT2D eigenvalue weighted by Crippen LogP contribution is 2.19. The zero-order valence-electron chi connectivity index (χ0n) is 16.6. The van der Waals surface area contributed by atoms with E-state index in [2.05, 4.69) is 69.7 Å². The van der Waals surface area contributed by atoms with E-state index in [0.29, 0.717) is 19.2 Å². The molecule has 2 aromatic rings. The van der Waals surface area contributed by atoms with Gasteiger partial charge in [0.15, 0.2) is 5.96 Å². The SMILES string of the molecule is CCN(CC)C(CNC(=NC)NCCOc1cccnc1)c1ccccc1. The van der Waals surface area contributed by atoms with Crippen LogP contribution in [0.5, 0.6) is 5.75 Å². The summed E-state index contributed by atoms with van der Waals surface area (Å²) >= 11 is 0. The molecular formula is C21H31N5O. The minimum absolute atomic E-state index is 0.298. The van der Waals surface area contributed by atoms with Gasteiger partial charge < -0.3 is 15.4 Å². The molecule has 1 unspecified atom stereocenters. The number of hydrogen-bond acceptors (Lipinski definition) is 4. The van der Waals surface area contributed by atoms with Crippen molar-refractivity contribution in [3.8, 4) is 5.75 Å². The molecule has 27 heavy (non-hydrogen) atoms. The Morgan fingerprint density at radius 2 is 1.89 bits per heavy atom. The quantitative estimate of drug-likeness (QED) is 0.383. The molecule has 2 N–H and O–H groups in total. The van der Waals surface area contributed by atoms with Crippen LogP contribution in [0, 0.1) is 0 Å². The molecule has 0 aliphatic rings. The van der Waals surface area contributed by atoms with Crippen LogP contribution >= 0.6 is 0 Å². The maximum absolute atomic E-state index is 5.65. The Labute approximate surface area is 162 Å². The first-order chi connectivity index (χ1) is 13.3. The molecule has 0 amide bonds. The molecule has 0 aliphatic heterocycles. The number of nitrogens with one attached hydrogen (secondary N) is 2. The van der Waals surface area contributed by atoms with Gasteiger partial charge in [-0.3, -0.25) is 14.9 Å². The van der Waals surface area contributed by atoms with Crippen LogP contribution in [0.4, 0.5) is 0 Å². The summed E-state index contributed by atoms with van der Waals surface area (Å²) in [6.45, 7) is 8.39. The van der Waals surface area contributed by atoms with E-state index in [9.17, 15) is 0 Å². The van der Waals surface area contributed by atoms with Crippen LogP contribution in [0.15, 0.2) is 59.9 Å². The van der Waals surface area contributed by atoms with Crippen molar-refractivity contribution < 1.29 is 4.74 Å².